The number of benzene rings is 1. The van der Waals surface area contributed by atoms with Crippen molar-refractivity contribution in [1.29, 1.82) is 0 Å². The Bertz CT molecular complexity index is 972. The van der Waals surface area contributed by atoms with E-state index in [4.69, 9.17) is 0 Å². The van der Waals surface area contributed by atoms with Crippen LogP contribution in [0.25, 0.3) is 0 Å². The molecule has 1 N–H and O–H groups in total. The number of aryl methyl sites for hydroxylation is 1. The van der Waals surface area contributed by atoms with Crippen molar-refractivity contribution in [2.24, 2.45) is 5.92 Å². The number of carbonyl (C=O) groups excluding carboxylic acids is 1. The maximum absolute atomic E-state index is 12.6. The van der Waals surface area contributed by atoms with Gasteiger partial charge < -0.3 is 10.2 Å². The van der Waals surface area contributed by atoms with Gasteiger partial charge in [-0.1, -0.05) is 35.5 Å². The fourth-order valence-electron chi connectivity index (χ4n) is 3.50. The topological polar surface area (TPSA) is 71.0 Å². The third kappa shape index (κ3) is 5.16. The molecule has 0 saturated carbocycles. The molecule has 1 aliphatic heterocycles. The number of amides is 1. The molecular weight excluding hydrogens is 394 g/mol. The highest BCUT2D eigenvalue weighted by atomic mass is 32.2. The van der Waals surface area contributed by atoms with Crippen LogP contribution in [0.15, 0.2) is 71.0 Å². The minimum atomic E-state index is 0.0230. The van der Waals surface area contributed by atoms with Gasteiger partial charge in [0.25, 0.3) is 0 Å². The second-order valence-electron chi connectivity index (χ2n) is 7.40. The lowest BCUT2D eigenvalue weighted by Gasteiger charge is -2.32. The highest BCUT2D eigenvalue weighted by molar-refractivity contribution is 7.99. The Morgan fingerprint density at radius 3 is 2.53 bits per heavy atom. The number of anilines is 1. The van der Waals surface area contributed by atoms with E-state index in [9.17, 15) is 4.79 Å². The molecule has 0 spiro atoms. The summed E-state index contributed by atoms with van der Waals surface area (Å²) in [5.74, 6) is 1.03. The molecule has 7 heteroatoms. The van der Waals surface area contributed by atoms with E-state index >= 15 is 0 Å². The lowest BCUT2D eigenvalue weighted by Crippen LogP contribution is -2.41. The monoisotopic (exact) mass is 419 g/mol. The van der Waals surface area contributed by atoms with Crippen molar-refractivity contribution < 1.29 is 4.79 Å². The van der Waals surface area contributed by atoms with E-state index in [2.05, 4.69) is 56.4 Å². The van der Waals surface area contributed by atoms with Gasteiger partial charge in [-0.15, -0.1) is 0 Å². The average molecular weight is 420 g/mol. The van der Waals surface area contributed by atoms with Crippen LogP contribution in [0, 0.1) is 12.8 Å². The summed E-state index contributed by atoms with van der Waals surface area (Å²) in [6, 6.07) is 14.2. The fraction of sp³-hybridized carbons (Fsp3) is 0.304. The quantitative estimate of drug-likeness (QED) is 0.654. The van der Waals surface area contributed by atoms with Gasteiger partial charge in [0.15, 0.2) is 5.82 Å². The molecule has 3 heterocycles. The number of aromatic nitrogens is 3. The van der Waals surface area contributed by atoms with Crippen molar-refractivity contribution in [2.75, 3.05) is 18.0 Å². The van der Waals surface area contributed by atoms with Gasteiger partial charge in [0.05, 0.1) is 12.2 Å². The number of carbonyl (C=O) groups is 1. The number of nitrogens with zero attached hydrogens (tertiary/aromatic N) is 4. The Balaban J connectivity index is 1.35. The summed E-state index contributed by atoms with van der Waals surface area (Å²) in [6.45, 7) is 4.14. The van der Waals surface area contributed by atoms with Crippen LogP contribution in [-0.2, 0) is 11.3 Å². The number of pyridine rings is 1. The highest BCUT2D eigenvalue weighted by Gasteiger charge is 2.27. The summed E-state index contributed by atoms with van der Waals surface area (Å²) in [4.78, 5) is 29.4. The van der Waals surface area contributed by atoms with E-state index in [1.807, 2.05) is 18.2 Å². The standard InChI is InChI=1S/C23H25N5OS/c1-17-5-7-20(8-6-17)30-23-21(25-12-13-26-23)28-14-9-18(10-15-28)22(29)27-16-19-4-2-3-11-24-19/h2-8,11-13,18H,9-10,14-16H2,1H3,(H,27,29). The first-order valence-corrected chi connectivity index (χ1v) is 11.0. The molecule has 1 aromatic carbocycles. The lowest BCUT2D eigenvalue weighted by molar-refractivity contribution is -0.125. The van der Waals surface area contributed by atoms with Gasteiger partial charge in [-0.05, 0) is 44.0 Å². The maximum Gasteiger partial charge on any atom is 0.223 e. The highest BCUT2D eigenvalue weighted by Crippen LogP contribution is 2.34. The van der Waals surface area contributed by atoms with Gasteiger partial charge in [0, 0.05) is 42.5 Å². The van der Waals surface area contributed by atoms with Crippen molar-refractivity contribution >= 4 is 23.5 Å². The third-order valence-electron chi connectivity index (χ3n) is 5.22. The zero-order chi connectivity index (χ0) is 20.8. The van der Waals surface area contributed by atoms with Crippen LogP contribution in [-0.4, -0.2) is 33.9 Å². The molecule has 1 amide bonds. The molecule has 30 heavy (non-hydrogen) atoms. The molecule has 1 aliphatic rings. The number of hydrogen-bond donors (Lipinski definition) is 1. The summed E-state index contributed by atoms with van der Waals surface area (Å²) in [7, 11) is 0. The zero-order valence-corrected chi connectivity index (χ0v) is 17.8. The molecule has 0 aliphatic carbocycles. The van der Waals surface area contributed by atoms with Crippen LogP contribution in [0.4, 0.5) is 5.82 Å². The molecule has 2 aromatic heterocycles. The second-order valence-corrected chi connectivity index (χ2v) is 8.46. The van der Waals surface area contributed by atoms with Crippen LogP contribution >= 0.6 is 11.8 Å². The Morgan fingerprint density at radius 2 is 1.80 bits per heavy atom. The van der Waals surface area contributed by atoms with Crippen molar-refractivity contribution in [3.63, 3.8) is 0 Å². The molecule has 154 valence electrons. The molecule has 0 bridgehead atoms. The Morgan fingerprint density at radius 1 is 1.03 bits per heavy atom. The average Bonchev–Trinajstić information content (AvgIpc) is 2.80. The molecule has 4 rings (SSSR count). The first-order valence-electron chi connectivity index (χ1n) is 10.2. The third-order valence-corrected chi connectivity index (χ3v) is 6.21. The van der Waals surface area contributed by atoms with Gasteiger partial charge >= 0.3 is 0 Å². The van der Waals surface area contributed by atoms with Crippen LogP contribution in [0.2, 0.25) is 0 Å². The number of rotatable bonds is 6. The van der Waals surface area contributed by atoms with E-state index < -0.39 is 0 Å². The maximum atomic E-state index is 12.6. The molecular formula is C23H25N5OS. The van der Waals surface area contributed by atoms with Gasteiger partial charge in [-0.2, -0.15) is 0 Å². The Kier molecular flexibility index (Phi) is 6.59. The number of nitrogens with one attached hydrogen (secondary N) is 1. The van der Waals surface area contributed by atoms with Crippen molar-refractivity contribution in [2.45, 2.75) is 36.2 Å². The van der Waals surface area contributed by atoms with Crippen molar-refractivity contribution in [3.8, 4) is 0 Å². The second kappa shape index (κ2) is 9.71. The predicted molar refractivity (Wildman–Crippen MR) is 118 cm³/mol. The molecule has 1 fully saturated rings. The van der Waals surface area contributed by atoms with E-state index in [-0.39, 0.29) is 11.8 Å². The first kappa shape index (κ1) is 20.3. The number of piperidine rings is 1. The predicted octanol–water partition coefficient (Wildman–Crippen LogP) is 3.86. The van der Waals surface area contributed by atoms with Crippen LogP contribution in [0.1, 0.15) is 24.1 Å². The van der Waals surface area contributed by atoms with Crippen LogP contribution < -0.4 is 10.2 Å². The molecule has 1 saturated heterocycles. The molecule has 0 atom stereocenters. The largest absolute Gasteiger partial charge is 0.354 e. The Labute approximate surface area is 181 Å². The van der Waals surface area contributed by atoms with E-state index in [1.165, 1.54) is 5.56 Å². The fourth-order valence-corrected chi connectivity index (χ4v) is 4.39. The van der Waals surface area contributed by atoms with Crippen LogP contribution in [0.3, 0.4) is 0 Å². The summed E-state index contributed by atoms with van der Waals surface area (Å²) < 4.78 is 0. The van der Waals surface area contributed by atoms with Gasteiger partial charge in [0.2, 0.25) is 5.91 Å². The van der Waals surface area contributed by atoms with Gasteiger partial charge in [-0.3, -0.25) is 9.78 Å². The van der Waals surface area contributed by atoms with Gasteiger partial charge in [-0.25, -0.2) is 9.97 Å². The van der Waals surface area contributed by atoms with Gasteiger partial charge in [0.1, 0.15) is 5.03 Å². The first-order chi connectivity index (χ1) is 14.7. The van der Waals surface area contributed by atoms with Crippen molar-refractivity contribution in [3.05, 3.63) is 72.3 Å². The van der Waals surface area contributed by atoms with Crippen molar-refractivity contribution in [1.82, 2.24) is 20.3 Å². The van der Waals surface area contributed by atoms with E-state index in [0.717, 1.165) is 47.4 Å². The SMILES string of the molecule is Cc1ccc(Sc2nccnc2N2CCC(C(=O)NCc3ccccn3)CC2)cc1. The van der Waals surface area contributed by atoms with Crippen LogP contribution in [0.5, 0.6) is 0 Å². The van der Waals surface area contributed by atoms with E-state index in [0.29, 0.717) is 6.54 Å². The molecule has 3 aromatic rings. The summed E-state index contributed by atoms with van der Waals surface area (Å²) in [5.41, 5.74) is 2.11. The Hall–Kier alpha value is -2.93. The minimum absolute atomic E-state index is 0.0230. The molecule has 0 radical (unpaired) electrons. The summed E-state index contributed by atoms with van der Waals surface area (Å²) >= 11 is 1.63. The smallest absolute Gasteiger partial charge is 0.223 e. The zero-order valence-electron chi connectivity index (χ0n) is 17.0. The normalized spacial score (nSPS) is 14.5. The van der Waals surface area contributed by atoms with E-state index in [1.54, 1.807) is 30.4 Å². The number of hydrogen-bond acceptors (Lipinski definition) is 6. The molecule has 0 unspecified atom stereocenters. The summed E-state index contributed by atoms with van der Waals surface area (Å²) in [5, 5.41) is 3.92. The summed E-state index contributed by atoms with van der Waals surface area (Å²) in [6.07, 6.45) is 6.82. The minimum Gasteiger partial charge on any atom is -0.354 e. The lowest BCUT2D eigenvalue weighted by atomic mass is 9.96. The molecule has 6 nitrogen and oxygen atoms in total.